The molecule has 0 radical (unpaired) electrons. The van der Waals surface area contributed by atoms with Crippen molar-refractivity contribution in [2.75, 3.05) is 13.2 Å². The number of carbonyl (C=O) groups is 1. The largest absolute Gasteiger partial charge is 0.278 e. The van der Waals surface area contributed by atoms with Crippen LogP contribution in [0.1, 0.15) is 16.8 Å². The van der Waals surface area contributed by atoms with Crippen molar-refractivity contribution >= 4 is 23.2 Å². The highest BCUT2D eigenvalue weighted by Gasteiger charge is 2.23. The van der Waals surface area contributed by atoms with Gasteiger partial charge in [-0.2, -0.15) is 0 Å². The van der Waals surface area contributed by atoms with Gasteiger partial charge in [0.05, 0.1) is 28.7 Å². The minimum atomic E-state index is -0.563. The van der Waals surface area contributed by atoms with Gasteiger partial charge >= 0.3 is 0 Å². The van der Waals surface area contributed by atoms with Gasteiger partial charge in [0.1, 0.15) is 0 Å². The van der Waals surface area contributed by atoms with E-state index in [1.807, 2.05) is 0 Å². The van der Waals surface area contributed by atoms with Crippen LogP contribution in [0, 0.1) is 10.1 Å². The Kier molecular flexibility index (Phi) is 3.26. The maximum Gasteiger partial charge on any atom is 0.278 e. The molecule has 0 N–H and O–H groups in total. The summed E-state index contributed by atoms with van der Waals surface area (Å²) in [6, 6.07) is 3.74. The number of rotatable bonds is 2. The van der Waals surface area contributed by atoms with Gasteiger partial charge in [-0.25, -0.2) is 5.06 Å². The standard InChI is InChI=1S/C10H9ClN2O4/c11-9-6-7(13(15)16)2-3-8(9)10(14)12-4-1-5-17-12/h2-3,6H,1,4-5H2. The average Bonchev–Trinajstić information content (AvgIpc) is 2.81. The van der Waals surface area contributed by atoms with Gasteiger partial charge in [-0.1, -0.05) is 11.6 Å². The number of nitrogens with zero attached hydrogens (tertiary/aromatic N) is 2. The third kappa shape index (κ3) is 2.37. The number of benzene rings is 1. The summed E-state index contributed by atoms with van der Waals surface area (Å²) in [6.07, 6.45) is 0.774. The fourth-order valence-corrected chi connectivity index (χ4v) is 1.79. The summed E-state index contributed by atoms with van der Waals surface area (Å²) in [7, 11) is 0. The molecule has 7 heteroatoms. The van der Waals surface area contributed by atoms with E-state index >= 15 is 0 Å². The summed E-state index contributed by atoms with van der Waals surface area (Å²) in [4.78, 5) is 26.9. The van der Waals surface area contributed by atoms with E-state index in [1.165, 1.54) is 17.2 Å². The van der Waals surface area contributed by atoms with E-state index in [9.17, 15) is 14.9 Å². The summed E-state index contributed by atoms with van der Waals surface area (Å²) in [6.45, 7) is 1.00. The highest BCUT2D eigenvalue weighted by molar-refractivity contribution is 6.34. The second-order valence-electron chi connectivity index (χ2n) is 3.52. The van der Waals surface area contributed by atoms with Crippen LogP contribution >= 0.6 is 11.6 Å². The molecule has 1 aromatic rings. The van der Waals surface area contributed by atoms with E-state index in [0.29, 0.717) is 13.2 Å². The first kappa shape index (κ1) is 11.8. The summed E-state index contributed by atoms with van der Waals surface area (Å²) in [5.41, 5.74) is 0.0630. The van der Waals surface area contributed by atoms with Crippen LogP contribution in [0.3, 0.4) is 0 Å². The maximum absolute atomic E-state index is 11.9. The van der Waals surface area contributed by atoms with Gasteiger partial charge < -0.3 is 0 Å². The number of amides is 1. The van der Waals surface area contributed by atoms with Crippen LogP contribution in [0.2, 0.25) is 5.02 Å². The van der Waals surface area contributed by atoms with Crippen LogP contribution in [0.4, 0.5) is 5.69 Å². The average molecular weight is 257 g/mol. The Morgan fingerprint density at radius 3 is 2.82 bits per heavy atom. The van der Waals surface area contributed by atoms with Gasteiger partial charge in [0, 0.05) is 12.1 Å². The van der Waals surface area contributed by atoms with Crippen LogP contribution < -0.4 is 0 Å². The molecule has 0 bridgehead atoms. The second kappa shape index (κ2) is 4.68. The topological polar surface area (TPSA) is 72.7 Å². The molecule has 1 heterocycles. The number of hydrogen-bond donors (Lipinski definition) is 0. The molecule has 17 heavy (non-hydrogen) atoms. The number of carbonyl (C=O) groups excluding carboxylic acids is 1. The van der Waals surface area contributed by atoms with Crippen LogP contribution in [-0.2, 0) is 4.84 Å². The molecule has 6 nitrogen and oxygen atoms in total. The maximum atomic E-state index is 11.9. The quantitative estimate of drug-likeness (QED) is 0.599. The monoisotopic (exact) mass is 256 g/mol. The van der Waals surface area contributed by atoms with E-state index in [2.05, 4.69) is 0 Å². The lowest BCUT2D eigenvalue weighted by Crippen LogP contribution is -2.26. The lowest BCUT2D eigenvalue weighted by atomic mass is 10.2. The zero-order chi connectivity index (χ0) is 12.4. The molecular weight excluding hydrogens is 248 g/mol. The Balaban J connectivity index is 2.26. The molecule has 0 unspecified atom stereocenters. The fraction of sp³-hybridized carbons (Fsp3) is 0.300. The molecule has 1 aromatic carbocycles. The number of halogens is 1. The molecule has 0 aromatic heterocycles. The van der Waals surface area contributed by atoms with Crippen LogP contribution in [-0.4, -0.2) is 29.0 Å². The van der Waals surface area contributed by atoms with Gasteiger partial charge in [-0.3, -0.25) is 19.7 Å². The molecule has 0 atom stereocenters. The van der Waals surface area contributed by atoms with Crippen LogP contribution in [0.15, 0.2) is 18.2 Å². The molecule has 1 amide bonds. The van der Waals surface area contributed by atoms with Gasteiger partial charge in [-0.05, 0) is 12.5 Å². The summed E-state index contributed by atoms with van der Waals surface area (Å²) in [5.74, 6) is -0.373. The van der Waals surface area contributed by atoms with E-state index in [0.717, 1.165) is 12.5 Å². The fourth-order valence-electron chi connectivity index (χ4n) is 1.53. The highest BCUT2D eigenvalue weighted by atomic mass is 35.5. The minimum absolute atomic E-state index is 0.0553. The summed E-state index contributed by atoms with van der Waals surface area (Å²) >= 11 is 5.84. The van der Waals surface area contributed by atoms with Crippen molar-refractivity contribution < 1.29 is 14.6 Å². The van der Waals surface area contributed by atoms with Gasteiger partial charge in [-0.15, -0.1) is 0 Å². The summed E-state index contributed by atoms with van der Waals surface area (Å²) in [5, 5.41) is 11.8. The first-order valence-corrected chi connectivity index (χ1v) is 5.36. The summed E-state index contributed by atoms with van der Waals surface area (Å²) < 4.78 is 0. The van der Waals surface area contributed by atoms with Crippen molar-refractivity contribution in [1.29, 1.82) is 0 Å². The Labute approximate surface area is 102 Å². The Hall–Kier alpha value is -1.66. The number of hydrogen-bond acceptors (Lipinski definition) is 4. The Morgan fingerprint density at radius 1 is 1.53 bits per heavy atom. The van der Waals surface area contributed by atoms with Crippen LogP contribution in [0.25, 0.3) is 0 Å². The van der Waals surface area contributed by atoms with Crippen LogP contribution in [0.5, 0.6) is 0 Å². The second-order valence-corrected chi connectivity index (χ2v) is 3.92. The molecule has 2 rings (SSSR count). The lowest BCUT2D eigenvalue weighted by Gasteiger charge is -2.14. The van der Waals surface area contributed by atoms with Gasteiger partial charge in [0.2, 0.25) is 0 Å². The predicted octanol–water partition coefficient (Wildman–Crippen LogP) is 2.03. The zero-order valence-corrected chi connectivity index (χ0v) is 9.51. The smallest absolute Gasteiger partial charge is 0.271 e. The van der Waals surface area contributed by atoms with Gasteiger partial charge in [0.15, 0.2) is 0 Å². The number of nitro benzene ring substituents is 1. The number of nitro groups is 1. The first-order valence-electron chi connectivity index (χ1n) is 4.98. The van der Waals surface area contributed by atoms with E-state index in [4.69, 9.17) is 16.4 Å². The van der Waals surface area contributed by atoms with Crippen molar-refractivity contribution in [3.8, 4) is 0 Å². The zero-order valence-electron chi connectivity index (χ0n) is 8.76. The molecule has 1 fully saturated rings. The Morgan fingerprint density at radius 2 is 2.29 bits per heavy atom. The lowest BCUT2D eigenvalue weighted by molar-refractivity contribution is -0.384. The normalized spacial score (nSPS) is 15.0. The molecule has 1 aliphatic rings. The molecule has 0 aliphatic carbocycles. The number of hydroxylamine groups is 2. The van der Waals surface area contributed by atoms with Crippen molar-refractivity contribution in [3.63, 3.8) is 0 Å². The van der Waals surface area contributed by atoms with Crippen molar-refractivity contribution in [2.24, 2.45) is 0 Å². The van der Waals surface area contributed by atoms with Gasteiger partial charge in [0.25, 0.3) is 11.6 Å². The van der Waals surface area contributed by atoms with E-state index < -0.39 is 4.92 Å². The molecule has 1 saturated heterocycles. The number of non-ortho nitro benzene ring substituents is 1. The minimum Gasteiger partial charge on any atom is -0.271 e. The Bertz CT molecular complexity index is 471. The predicted molar refractivity (Wildman–Crippen MR) is 59.7 cm³/mol. The molecule has 0 saturated carbocycles. The molecular formula is C10H9ClN2O4. The third-order valence-corrected chi connectivity index (χ3v) is 2.69. The first-order chi connectivity index (χ1) is 8.09. The van der Waals surface area contributed by atoms with Crippen molar-refractivity contribution in [2.45, 2.75) is 6.42 Å². The molecule has 90 valence electrons. The van der Waals surface area contributed by atoms with E-state index in [1.54, 1.807) is 0 Å². The van der Waals surface area contributed by atoms with E-state index in [-0.39, 0.29) is 22.2 Å². The van der Waals surface area contributed by atoms with Crippen molar-refractivity contribution in [1.82, 2.24) is 5.06 Å². The van der Waals surface area contributed by atoms with Crippen molar-refractivity contribution in [3.05, 3.63) is 38.9 Å². The third-order valence-electron chi connectivity index (χ3n) is 2.37. The SMILES string of the molecule is O=C(c1ccc([N+](=O)[O-])cc1Cl)N1CCCO1. The molecule has 0 spiro atoms. The highest BCUT2D eigenvalue weighted by Crippen LogP contribution is 2.24. The molecule has 1 aliphatic heterocycles.